The van der Waals surface area contributed by atoms with Crippen molar-refractivity contribution in [1.29, 1.82) is 0 Å². The average Bonchev–Trinajstić information content (AvgIpc) is 3.13. The zero-order chi connectivity index (χ0) is 18.8. The van der Waals surface area contributed by atoms with Crippen LogP contribution in [0.5, 0.6) is 0 Å². The molecule has 0 saturated heterocycles. The van der Waals surface area contributed by atoms with Gasteiger partial charge in [0.15, 0.2) is 5.96 Å². The molecule has 0 aliphatic rings. The maximum absolute atomic E-state index is 5.45. The molecule has 2 aromatic rings. The minimum Gasteiger partial charge on any atom is -0.468 e. The summed E-state index contributed by atoms with van der Waals surface area (Å²) in [6, 6.07) is 12.9. The molecule has 2 N–H and O–H groups in total. The molecule has 5 nitrogen and oxygen atoms in total. The minimum atomic E-state index is 0. The van der Waals surface area contributed by atoms with Crippen LogP contribution >= 0.6 is 24.0 Å². The highest BCUT2D eigenvalue weighted by atomic mass is 127. The minimum absolute atomic E-state index is 0. The first-order valence-corrected chi connectivity index (χ1v) is 9.44. The second kappa shape index (κ2) is 12.8. The Morgan fingerprint density at radius 3 is 2.48 bits per heavy atom. The standard InChI is InChI=1S/C21H32N4O.HI/c1-5-17(3)24-21(22-6-2)23-14-18-10-7-8-11-19(18)15-25(4)16-20-12-9-13-26-20;/h7-13,17H,5-6,14-16H2,1-4H3,(H2,22,23,24);1H. The molecule has 1 aromatic carbocycles. The lowest BCUT2D eigenvalue weighted by molar-refractivity contribution is 0.287. The van der Waals surface area contributed by atoms with Crippen LogP contribution in [0.15, 0.2) is 52.1 Å². The molecule has 0 radical (unpaired) electrons. The molecular formula is C21H33IN4O. The molecular weight excluding hydrogens is 451 g/mol. The molecule has 0 saturated carbocycles. The van der Waals surface area contributed by atoms with Crippen LogP contribution in [0.4, 0.5) is 0 Å². The maximum atomic E-state index is 5.45. The van der Waals surface area contributed by atoms with E-state index in [1.807, 2.05) is 12.1 Å². The number of hydrogen-bond acceptors (Lipinski definition) is 3. The van der Waals surface area contributed by atoms with Gasteiger partial charge in [0.25, 0.3) is 0 Å². The van der Waals surface area contributed by atoms with Gasteiger partial charge in [-0.2, -0.15) is 0 Å². The molecule has 1 unspecified atom stereocenters. The number of nitrogens with one attached hydrogen (secondary N) is 2. The van der Waals surface area contributed by atoms with Crippen molar-refractivity contribution in [2.75, 3.05) is 13.6 Å². The van der Waals surface area contributed by atoms with E-state index in [2.05, 4.69) is 67.6 Å². The van der Waals surface area contributed by atoms with E-state index in [1.54, 1.807) is 6.26 Å². The largest absolute Gasteiger partial charge is 0.468 e. The number of nitrogens with zero attached hydrogens (tertiary/aromatic N) is 2. The molecule has 0 bridgehead atoms. The van der Waals surface area contributed by atoms with Crippen molar-refractivity contribution in [3.05, 3.63) is 59.5 Å². The van der Waals surface area contributed by atoms with Crippen LogP contribution in [0.2, 0.25) is 0 Å². The van der Waals surface area contributed by atoms with Crippen molar-refractivity contribution in [3.63, 3.8) is 0 Å². The van der Waals surface area contributed by atoms with Crippen LogP contribution in [0.3, 0.4) is 0 Å². The van der Waals surface area contributed by atoms with Gasteiger partial charge >= 0.3 is 0 Å². The molecule has 0 spiro atoms. The van der Waals surface area contributed by atoms with Crippen LogP contribution in [0.1, 0.15) is 44.1 Å². The Bertz CT molecular complexity index is 673. The number of halogens is 1. The Morgan fingerprint density at radius 1 is 1.11 bits per heavy atom. The summed E-state index contributed by atoms with van der Waals surface area (Å²) >= 11 is 0. The predicted octanol–water partition coefficient (Wildman–Crippen LogP) is 4.38. The van der Waals surface area contributed by atoms with Gasteiger partial charge < -0.3 is 15.1 Å². The van der Waals surface area contributed by atoms with E-state index in [9.17, 15) is 0 Å². The van der Waals surface area contributed by atoms with Gasteiger partial charge in [0, 0.05) is 19.1 Å². The van der Waals surface area contributed by atoms with Crippen molar-refractivity contribution >= 4 is 29.9 Å². The van der Waals surface area contributed by atoms with Crippen LogP contribution in [-0.2, 0) is 19.6 Å². The number of guanidine groups is 1. The average molecular weight is 484 g/mol. The summed E-state index contributed by atoms with van der Waals surface area (Å²) < 4.78 is 5.45. The van der Waals surface area contributed by atoms with Gasteiger partial charge in [-0.3, -0.25) is 4.90 Å². The fraction of sp³-hybridized carbons (Fsp3) is 0.476. The van der Waals surface area contributed by atoms with Gasteiger partial charge in [0.1, 0.15) is 5.76 Å². The lowest BCUT2D eigenvalue weighted by atomic mass is 10.1. The molecule has 27 heavy (non-hydrogen) atoms. The van der Waals surface area contributed by atoms with Crippen molar-refractivity contribution in [3.8, 4) is 0 Å². The molecule has 0 amide bonds. The summed E-state index contributed by atoms with van der Waals surface area (Å²) in [7, 11) is 2.11. The highest BCUT2D eigenvalue weighted by molar-refractivity contribution is 14.0. The van der Waals surface area contributed by atoms with Crippen molar-refractivity contribution in [1.82, 2.24) is 15.5 Å². The number of hydrogen-bond donors (Lipinski definition) is 2. The van der Waals surface area contributed by atoms with Crippen LogP contribution in [-0.4, -0.2) is 30.5 Å². The fourth-order valence-electron chi connectivity index (χ4n) is 2.70. The van der Waals surface area contributed by atoms with Gasteiger partial charge in [0.05, 0.1) is 19.4 Å². The summed E-state index contributed by atoms with van der Waals surface area (Å²) in [5, 5.41) is 6.77. The molecule has 0 aliphatic carbocycles. The van der Waals surface area contributed by atoms with E-state index >= 15 is 0 Å². The fourth-order valence-corrected chi connectivity index (χ4v) is 2.70. The molecule has 1 atom stereocenters. The molecule has 150 valence electrons. The molecule has 1 heterocycles. The van der Waals surface area contributed by atoms with E-state index in [4.69, 9.17) is 9.41 Å². The zero-order valence-electron chi connectivity index (χ0n) is 16.9. The molecule has 2 rings (SSSR count). The highest BCUT2D eigenvalue weighted by Crippen LogP contribution is 2.14. The third kappa shape index (κ3) is 8.34. The first-order chi connectivity index (χ1) is 12.6. The Morgan fingerprint density at radius 2 is 1.85 bits per heavy atom. The van der Waals surface area contributed by atoms with Crippen molar-refractivity contribution in [2.45, 2.75) is 52.9 Å². The molecule has 0 fully saturated rings. The van der Waals surface area contributed by atoms with Gasteiger partial charge in [-0.25, -0.2) is 4.99 Å². The first kappa shape index (κ1) is 23.5. The summed E-state index contributed by atoms with van der Waals surface area (Å²) in [5.74, 6) is 1.86. The number of rotatable bonds is 9. The highest BCUT2D eigenvalue weighted by Gasteiger charge is 2.08. The van der Waals surface area contributed by atoms with Gasteiger partial charge in [-0.15, -0.1) is 24.0 Å². The third-order valence-electron chi connectivity index (χ3n) is 4.31. The summed E-state index contributed by atoms with van der Waals surface area (Å²) in [6.45, 7) is 9.61. The van der Waals surface area contributed by atoms with Gasteiger partial charge in [-0.05, 0) is 50.6 Å². The quantitative estimate of drug-likeness (QED) is 0.315. The van der Waals surface area contributed by atoms with Crippen molar-refractivity contribution in [2.24, 2.45) is 4.99 Å². The lowest BCUT2D eigenvalue weighted by Crippen LogP contribution is -2.41. The Labute approximate surface area is 180 Å². The van der Waals surface area contributed by atoms with E-state index < -0.39 is 0 Å². The summed E-state index contributed by atoms with van der Waals surface area (Å²) in [5.41, 5.74) is 2.55. The smallest absolute Gasteiger partial charge is 0.191 e. The predicted molar refractivity (Wildman–Crippen MR) is 123 cm³/mol. The van der Waals surface area contributed by atoms with Crippen LogP contribution in [0.25, 0.3) is 0 Å². The Balaban J connectivity index is 0.00000364. The third-order valence-corrected chi connectivity index (χ3v) is 4.31. The number of furan rings is 1. The second-order valence-electron chi connectivity index (χ2n) is 6.67. The summed E-state index contributed by atoms with van der Waals surface area (Å²) in [6.07, 6.45) is 2.79. The van der Waals surface area contributed by atoms with Crippen LogP contribution < -0.4 is 10.6 Å². The van der Waals surface area contributed by atoms with E-state index in [0.29, 0.717) is 12.6 Å². The normalized spacial score (nSPS) is 12.6. The van der Waals surface area contributed by atoms with Gasteiger partial charge in [0.2, 0.25) is 0 Å². The van der Waals surface area contributed by atoms with E-state index in [0.717, 1.165) is 37.8 Å². The van der Waals surface area contributed by atoms with E-state index in [1.165, 1.54) is 11.1 Å². The Hall–Kier alpha value is -1.54. The zero-order valence-corrected chi connectivity index (χ0v) is 19.2. The van der Waals surface area contributed by atoms with E-state index in [-0.39, 0.29) is 24.0 Å². The van der Waals surface area contributed by atoms with Crippen molar-refractivity contribution < 1.29 is 4.42 Å². The Kier molecular flexibility index (Phi) is 11.1. The molecule has 0 aliphatic heterocycles. The molecule has 6 heteroatoms. The number of benzene rings is 1. The number of aliphatic imine (C=N–C) groups is 1. The monoisotopic (exact) mass is 484 g/mol. The molecule has 1 aromatic heterocycles. The lowest BCUT2D eigenvalue weighted by Gasteiger charge is -2.18. The summed E-state index contributed by atoms with van der Waals surface area (Å²) in [4.78, 5) is 7.03. The SMILES string of the molecule is CCNC(=NCc1ccccc1CN(C)Cc1ccco1)NC(C)CC.I. The maximum Gasteiger partial charge on any atom is 0.191 e. The second-order valence-corrected chi connectivity index (χ2v) is 6.67. The van der Waals surface area contributed by atoms with Gasteiger partial charge in [-0.1, -0.05) is 31.2 Å². The van der Waals surface area contributed by atoms with Crippen LogP contribution in [0, 0.1) is 0 Å². The first-order valence-electron chi connectivity index (χ1n) is 9.44. The topological polar surface area (TPSA) is 52.8 Å².